The van der Waals surface area contributed by atoms with Crippen molar-refractivity contribution in [3.05, 3.63) is 85.5 Å². The van der Waals surface area contributed by atoms with Crippen molar-refractivity contribution in [3.63, 3.8) is 0 Å². The molecule has 0 saturated heterocycles. The minimum absolute atomic E-state index is 0.212. The summed E-state index contributed by atoms with van der Waals surface area (Å²) in [5.74, 6) is 0.430. The first kappa shape index (κ1) is 19.9. The van der Waals surface area contributed by atoms with Crippen LogP contribution >= 0.6 is 0 Å². The molecule has 2 aromatic carbocycles. The highest BCUT2D eigenvalue weighted by atomic mass is 16.5. The van der Waals surface area contributed by atoms with Crippen LogP contribution in [0.25, 0.3) is 11.1 Å². The van der Waals surface area contributed by atoms with Gasteiger partial charge < -0.3 is 4.74 Å². The number of ether oxygens (including phenoxy) is 1. The van der Waals surface area contributed by atoms with Crippen molar-refractivity contribution in [3.8, 4) is 11.1 Å². The summed E-state index contributed by atoms with van der Waals surface area (Å²) in [5.41, 5.74) is 3.10. The lowest BCUT2D eigenvalue weighted by atomic mass is 10.0. The van der Waals surface area contributed by atoms with Crippen molar-refractivity contribution in [2.75, 3.05) is 13.2 Å². The molecule has 0 heterocycles. The van der Waals surface area contributed by atoms with E-state index in [1.165, 1.54) is 5.56 Å². The summed E-state index contributed by atoms with van der Waals surface area (Å²) in [6.07, 6.45) is 7.15. The van der Waals surface area contributed by atoms with E-state index in [1.54, 1.807) is 0 Å². The molecule has 0 bridgehead atoms. The maximum atomic E-state index is 12.3. The monoisotopic (exact) mass is 348 g/mol. The number of Topliss-reactive ketones (excluding diaryl/α,β-unsaturated/α-hetero) is 1. The Balaban J connectivity index is 1.67. The van der Waals surface area contributed by atoms with Gasteiger partial charge in [0.25, 0.3) is 0 Å². The Morgan fingerprint density at radius 2 is 1.54 bits per heavy atom. The van der Waals surface area contributed by atoms with Gasteiger partial charge in [0, 0.05) is 24.5 Å². The average molecular weight is 348 g/mol. The number of hydrogen-bond acceptors (Lipinski definition) is 2. The van der Waals surface area contributed by atoms with Gasteiger partial charge in [0.15, 0.2) is 5.78 Å². The van der Waals surface area contributed by atoms with E-state index in [2.05, 4.69) is 25.3 Å². The zero-order valence-corrected chi connectivity index (χ0v) is 15.4. The Hall–Kier alpha value is -2.45. The maximum Gasteiger partial charge on any atom is 0.162 e. The predicted molar refractivity (Wildman–Crippen MR) is 109 cm³/mol. The van der Waals surface area contributed by atoms with Crippen LogP contribution in [0, 0.1) is 5.92 Å². The van der Waals surface area contributed by atoms with Gasteiger partial charge in [0.05, 0.1) is 6.61 Å². The van der Waals surface area contributed by atoms with E-state index in [-0.39, 0.29) is 11.7 Å². The molecule has 0 N–H and O–H groups in total. The topological polar surface area (TPSA) is 26.3 Å². The van der Waals surface area contributed by atoms with Crippen LogP contribution in [0.5, 0.6) is 0 Å². The van der Waals surface area contributed by atoms with E-state index >= 15 is 0 Å². The second-order valence-electron chi connectivity index (χ2n) is 6.39. The standard InChI is InChI=1S/C24H28O2/c1-3-20(4-2)19-26-18-10-6-9-13-24(25)23-16-14-22(15-17-23)21-11-7-5-8-12-21/h3-5,7-8,11-12,14-17,20H,1-2,6,9-10,13,18-19H2. The van der Waals surface area contributed by atoms with Crippen molar-refractivity contribution in [1.82, 2.24) is 0 Å². The van der Waals surface area contributed by atoms with Crippen molar-refractivity contribution in [1.29, 1.82) is 0 Å². The molecule has 0 aliphatic carbocycles. The minimum atomic E-state index is 0.212. The smallest absolute Gasteiger partial charge is 0.162 e. The molecular formula is C24H28O2. The number of carbonyl (C=O) groups is 1. The minimum Gasteiger partial charge on any atom is -0.381 e. The van der Waals surface area contributed by atoms with Crippen molar-refractivity contribution < 1.29 is 9.53 Å². The Morgan fingerprint density at radius 3 is 2.19 bits per heavy atom. The fraction of sp³-hybridized carbons (Fsp3) is 0.292. The Morgan fingerprint density at radius 1 is 0.885 bits per heavy atom. The molecule has 0 aliphatic rings. The lowest BCUT2D eigenvalue weighted by molar-refractivity contribution is 0.0972. The van der Waals surface area contributed by atoms with Gasteiger partial charge in [0.1, 0.15) is 0 Å². The molecular weight excluding hydrogens is 320 g/mol. The van der Waals surface area contributed by atoms with Crippen LogP contribution in [0.1, 0.15) is 36.0 Å². The second-order valence-corrected chi connectivity index (χ2v) is 6.39. The molecule has 0 aliphatic heterocycles. The van der Waals surface area contributed by atoms with E-state index in [0.29, 0.717) is 13.0 Å². The molecule has 26 heavy (non-hydrogen) atoms. The third kappa shape index (κ3) is 6.45. The van der Waals surface area contributed by atoms with Crippen LogP contribution in [-0.2, 0) is 4.74 Å². The first-order chi connectivity index (χ1) is 12.7. The summed E-state index contributed by atoms with van der Waals surface area (Å²) >= 11 is 0. The summed E-state index contributed by atoms with van der Waals surface area (Å²) < 4.78 is 5.60. The molecule has 2 heteroatoms. The van der Waals surface area contributed by atoms with Crippen LogP contribution < -0.4 is 0 Å². The van der Waals surface area contributed by atoms with Crippen molar-refractivity contribution in [2.24, 2.45) is 5.92 Å². The van der Waals surface area contributed by atoms with Gasteiger partial charge in [-0.05, 0) is 24.0 Å². The molecule has 0 saturated carbocycles. The van der Waals surface area contributed by atoms with Gasteiger partial charge >= 0.3 is 0 Å². The highest BCUT2D eigenvalue weighted by molar-refractivity contribution is 5.96. The largest absolute Gasteiger partial charge is 0.381 e. The van der Waals surface area contributed by atoms with Crippen molar-refractivity contribution >= 4 is 5.78 Å². The number of benzene rings is 2. The molecule has 0 fully saturated rings. The van der Waals surface area contributed by atoms with Crippen LogP contribution in [0.3, 0.4) is 0 Å². The highest BCUT2D eigenvalue weighted by Gasteiger charge is 2.06. The number of rotatable bonds is 12. The van der Waals surface area contributed by atoms with E-state index in [0.717, 1.165) is 37.0 Å². The zero-order valence-electron chi connectivity index (χ0n) is 15.4. The lowest BCUT2D eigenvalue weighted by Crippen LogP contribution is -2.05. The Bertz CT molecular complexity index is 678. The van der Waals surface area contributed by atoms with E-state index in [9.17, 15) is 4.79 Å². The molecule has 0 unspecified atom stereocenters. The van der Waals surface area contributed by atoms with Gasteiger partial charge in [-0.2, -0.15) is 0 Å². The van der Waals surface area contributed by atoms with Crippen LogP contribution in [-0.4, -0.2) is 19.0 Å². The first-order valence-electron chi connectivity index (χ1n) is 9.26. The molecule has 0 aromatic heterocycles. The molecule has 2 rings (SSSR count). The van der Waals surface area contributed by atoms with Crippen molar-refractivity contribution in [2.45, 2.75) is 25.7 Å². The van der Waals surface area contributed by atoms with Gasteiger partial charge in [0.2, 0.25) is 0 Å². The zero-order chi connectivity index (χ0) is 18.6. The first-order valence-corrected chi connectivity index (χ1v) is 9.26. The fourth-order valence-corrected chi connectivity index (χ4v) is 2.74. The van der Waals surface area contributed by atoms with Gasteiger partial charge in [-0.1, -0.05) is 73.2 Å². The van der Waals surface area contributed by atoms with Crippen LogP contribution in [0.4, 0.5) is 0 Å². The summed E-state index contributed by atoms with van der Waals surface area (Å²) in [6.45, 7) is 8.84. The quantitative estimate of drug-likeness (QED) is 0.263. The van der Waals surface area contributed by atoms with E-state index in [4.69, 9.17) is 4.74 Å². The lowest BCUT2D eigenvalue weighted by Gasteiger charge is -2.08. The number of ketones is 1. The predicted octanol–water partition coefficient (Wildman–Crippen LogP) is 6.10. The summed E-state index contributed by atoms with van der Waals surface area (Å²) in [6, 6.07) is 18.1. The molecule has 0 amide bonds. The summed E-state index contributed by atoms with van der Waals surface area (Å²) in [5, 5.41) is 0. The van der Waals surface area contributed by atoms with Gasteiger partial charge in [-0.15, -0.1) is 13.2 Å². The normalized spacial score (nSPS) is 10.7. The highest BCUT2D eigenvalue weighted by Crippen LogP contribution is 2.20. The number of unbranched alkanes of at least 4 members (excludes halogenated alkanes) is 2. The average Bonchev–Trinajstić information content (AvgIpc) is 2.71. The SMILES string of the molecule is C=CC(C=C)COCCCCCC(=O)c1ccc(-c2ccccc2)cc1. The van der Waals surface area contributed by atoms with E-state index in [1.807, 2.05) is 54.6 Å². The van der Waals surface area contributed by atoms with Crippen LogP contribution in [0.15, 0.2) is 79.9 Å². The van der Waals surface area contributed by atoms with Gasteiger partial charge in [-0.25, -0.2) is 0 Å². The van der Waals surface area contributed by atoms with Crippen LogP contribution in [0.2, 0.25) is 0 Å². The molecule has 2 nitrogen and oxygen atoms in total. The molecule has 0 radical (unpaired) electrons. The summed E-state index contributed by atoms with van der Waals surface area (Å²) in [4.78, 5) is 12.3. The second kappa shape index (κ2) is 11.2. The van der Waals surface area contributed by atoms with E-state index < -0.39 is 0 Å². The maximum absolute atomic E-state index is 12.3. The molecule has 2 aromatic rings. The summed E-state index contributed by atoms with van der Waals surface area (Å²) in [7, 11) is 0. The molecule has 136 valence electrons. The fourth-order valence-electron chi connectivity index (χ4n) is 2.74. The Labute approximate surface area is 157 Å². The number of carbonyl (C=O) groups excluding carboxylic acids is 1. The third-order valence-electron chi connectivity index (χ3n) is 4.42. The Kier molecular flexibility index (Phi) is 8.57. The molecule has 0 atom stereocenters. The third-order valence-corrected chi connectivity index (χ3v) is 4.42. The molecule has 0 spiro atoms. The number of hydrogen-bond donors (Lipinski definition) is 0. The van der Waals surface area contributed by atoms with Gasteiger partial charge in [-0.3, -0.25) is 4.79 Å².